The van der Waals surface area contributed by atoms with Crippen LogP contribution in [-0.2, 0) is 9.53 Å². The Kier molecular flexibility index (Phi) is 6.58. The number of ketones is 1. The molecule has 1 unspecified atom stereocenters. The standard InChI is InChI=1S/C22H26N2O5S/c1-12(2)29-16-8-6-7-15(11-16)18-17(19(25)21-13(3)23-14(4)30-21)20(26)22(27)24(18)9-10-28-5/h6-8,11-12,18,26H,9-10H2,1-5H3. The molecule has 1 aromatic heterocycles. The van der Waals surface area contributed by atoms with Crippen molar-refractivity contribution in [2.75, 3.05) is 20.3 Å². The lowest BCUT2D eigenvalue weighted by molar-refractivity contribution is -0.130. The van der Waals surface area contributed by atoms with E-state index in [0.717, 1.165) is 5.01 Å². The van der Waals surface area contributed by atoms with Crippen molar-refractivity contribution in [3.8, 4) is 5.75 Å². The number of hydrogen-bond acceptors (Lipinski definition) is 7. The number of carbonyl (C=O) groups is 2. The van der Waals surface area contributed by atoms with E-state index in [1.54, 1.807) is 13.0 Å². The number of amides is 1. The van der Waals surface area contributed by atoms with Gasteiger partial charge in [0, 0.05) is 13.7 Å². The van der Waals surface area contributed by atoms with Gasteiger partial charge in [0.1, 0.15) is 5.75 Å². The molecule has 2 aromatic rings. The zero-order valence-electron chi connectivity index (χ0n) is 17.8. The highest BCUT2D eigenvalue weighted by Crippen LogP contribution is 2.40. The Hall–Kier alpha value is -2.71. The fraction of sp³-hybridized carbons (Fsp3) is 0.409. The van der Waals surface area contributed by atoms with E-state index in [9.17, 15) is 14.7 Å². The molecule has 3 rings (SSSR count). The minimum absolute atomic E-state index is 0.0251. The summed E-state index contributed by atoms with van der Waals surface area (Å²) in [5, 5.41) is 11.4. The van der Waals surface area contributed by atoms with Crippen molar-refractivity contribution in [1.82, 2.24) is 9.88 Å². The molecule has 2 heterocycles. The predicted octanol–water partition coefficient (Wildman–Crippen LogP) is 3.77. The van der Waals surface area contributed by atoms with Gasteiger partial charge in [-0.1, -0.05) is 12.1 Å². The molecule has 30 heavy (non-hydrogen) atoms. The Bertz CT molecular complexity index is 995. The topological polar surface area (TPSA) is 89.0 Å². The average molecular weight is 431 g/mol. The largest absolute Gasteiger partial charge is 0.503 e. The molecule has 160 valence electrons. The van der Waals surface area contributed by atoms with Crippen LogP contribution >= 0.6 is 11.3 Å². The average Bonchev–Trinajstić information content (AvgIpc) is 3.15. The second kappa shape index (κ2) is 8.97. The Balaban J connectivity index is 2.09. The maximum atomic E-state index is 13.4. The van der Waals surface area contributed by atoms with E-state index >= 15 is 0 Å². The van der Waals surface area contributed by atoms with Crippen molar-refractivity contribution in [2.24, 2.45) is 0 Å². The minimum Gasteiger partial charge on any atom is -0.503 e. The summed E-state index contributed by atoms with van der Waals surface area (Å²) in [6.07, 6.45) is -0.0251. The zero-order valence-corrected chi connectivity index (χ0v) is 18.6. The summed E-state index contributed by atoms with van der Waals surface area (Å²) in [5.41, 5.74) is 1.33. The number of methoxy groups -OCH3 is 1. The van der Waals surface area contributed by atoms with Gasteiger partial charge < -0.3 is 19.5 Å². The molecule has 0 saturated carbocycles. The SMILES string of the molecule is COCCN1C(=O)C(O)=C(C(=O)c2sc(C)nc2C)C1c1cccc(OC(C)C)c1. The van der Waals surface area contributed by atoms with Gasteiger partial charge in [-0.3, -0.25) is 9.59 Å². The summed E-state index contributed by atoms with van der Waals surface area (Å²) in [6, 6.07) is 6.51. The van der Waals surface area contributed by atoms with Gasteiger partial charge in [-0.2, -0.15) is 0 Å². The second-order valence-electron chi connectivity index (χ2n) is 7.37. The zero-order chi connectivity index (χ0) is 22.0. The number of aliphatic hydroxyl groups is 1. The number of rotatable bonds is 8. The number of carbonyl (C=O) groups excluding carboxylic acids is 2. The van der Waals surface area contributed by atoms with Crippen LogP contribution in [0.25, 0.3) is 0 Å². The van der Waals surface area contributed by atoms with E-state index < -0.39 is 17.7 Å². The van der Waals surface area contributed by atoms with Crippen molar-refractivity contribution in [3.05, 3.63) is 56.7 Å². The monoisotopic (exact) mass is 430 g/mol. The molecule has 1 aliphatic heterocycles. The highest BCUT2D eigenvalue weighted by molar-refractivity contribution is 7.14. The van der Waals surface area contributed by atoms with E-state index in [1.807, 2.05) is 39.0 Å². The number of Topliss-reactive ketones (excluding diaryl/α,β-unsaturated/α-hetero) is 1. The smallest absolute Gasteiger partial charge is 0.290 e. The second-order valence-corrected chi connectivity index (χ2v) is 8.57. The molecule has 0 spiro atoms. The third kappa shape index (κ3) is 4.24. The van der Waals surface area contributed by atoms with Crippen LogP contribution in [-0.4, -0.2) is 53.0 Å². The molecule has 1 atom stereocenters. The van der Waals surface area contributed by atoms with Crippen LogP contribution in [0.4, 0.5) is 0 Å². The van der Waals surface area contributed by atoms with Crippen LogP contribution in [0.2, 0.25) is 0 Å². The predicted molar refractivity (Wildman–Crippen MR) is 114 cm³/mol. The van der Waals surface area contributed by atoms with Crippen LogP contribution in [0, 0.1) is 13.8 Å². The molecule has 1 aromatic carbocycles. The van der Waals surface area contributed by atoms with Crippen LogP contribution in [0.15, 0.2) is 35.6 Å². The van der Waals surface area contributed by atoms with Gasteiger partial charge in [0.05, 0.1) is 39.9 Å². The molecule has 7 nitrogen and oxygen atoms in total. The van der Waals surface area contributed by atoms with Gasteiger partial charge in [0.25, 0.3) is 5.91 Å². The lowest BCUT2D eigenvalue weighted by atomic mass is 9.95. The van der Waals surface area contributed by atoms with Crippen LogP contribution in [0.3, 0.4) is 0 Å². The van der Waals surface area contributed by atoms with Gasteiger partial charge in [-0.25, -0.2) is 4.98 Å². The quantitative estimate of drug-likeness (QED) is 0.642. The number of hydrogen-bond donors (Lipinski definition) is 1. The molecule has 0 aliphatic carbocycles. The Labute approximate surface area is 180 Å². The van der Waals surface area contributed by atoms with Gasteiger partial charge >= 0.3 is 0 Å². The molecular formula is C22H26N2O5S. The van der Waals surface area contributed by atoms with E-state index in [4.69, 9.17) is 9.47 Å². The summed E-state index contributed by atoms with van der Waals surface area (Å²) in [4.78, 5) is 32.5. The van der Waals surface area contributed by atoms with E-state index in [-0.39, 0.29) is 30.6 Å². The maximum absolute atomic E-state index is 13.4. The Morgan fingerprint density at radius 1 is 1.33 bits per heavy atom. The molecule has 1 N–H and O–H groups in total. The molecule has 0 saturated heterocycles. The minimum atomic E-state index is -0.738. The van der Waals surface area contributed by atoms with Gasteiger partial charge in [0.15, 0.2) is 5.76 Å². The number of ether oxygens (including phenoxy) is 2. The number of aliphatic hydroxyl groups excluding tert-OH is 1. The first kappa shape index (κ1) is 22.0. The van der Waals surface area contributed by atoms with Crippen molar-refractivity contribution in [1.29, 1.82) is 0 Å². The normalized spacial score (nSPS) is 16.7. The summed E-state index contributed by atoms with van der Waals surface area (Å²) < 4.78 is 10.9. The molecule has 0 fully saturated rings. The molecule has 0 radical (unpaired) electrons. The first-order valence-corrected chi connectivity index (χ1v) is 10.5. The Morgan fingerprint density at radius 3 is 2.67 bits per heavy atom. The van der Waals surface area contributed by atoms with Gasteiger partial charge in [-0.15, -0.1) is 11.3 Å². The van der Waals surface area contributed by atoms with Crippen molar-refractivity contribution in [3.63, 3.8) is 0 Å². The maximum Gasteiger partial charge on any atom is 0.290 e. The fourth-order valence-corrected chi connectivity index (χ4v) is 4.42. The van der Waals surface area contributed by atoms with E-state index in [2.05, 4.69) is 4.98 Å². The molecule has 0 bridgehead atoms. The summed E-state index contributed by atoms with van der Waals surface area (Å²) >= 11 is 1.26. The number of benzene rings is 1. The highest BCUT2D eigenvalue weighted by Gasteiger charge is 2.44. The number of nitrogens with zero attached hydrogens (tertiary/aromatic N) is 2. The van der Waals surface area contributed by atoms with Gasteiger partial charge in [0.2, 0.25) is 5.78 Å². The summed E-state index contributed by atoms with van der Waals surface area (Å²) in [5.74, 6) is -0.870. The highest BCUT2D eigenvalue weighted by atomic mass is 32.1. The van der Waals surface area contributed by atoms with Crippen LogP contribution in [0.5, 0.6) is 5.75 Å². The Morgan fingerprint density at radius 2 is 2.07 bits per heavy atom. The lowest BCUT2D eigenvalue weighted by Gasteiger charge is -2.27. The summed E-state index contributed by atoms with van der Waals surface area (Å²) in [7, 11) is 1.54. The van der Waals surface area contributed by atoms with Crippen LogP contribution < -0.4 is 4.74 Å². The lowest BCUT2D eigenvalue weighted by Crippen LogP contribution is -2.34. The third-order valence-electron chi connectivity index (χ3n) is 4.74. The van der Waals surface area contributed by atoms with E-state index in [0.29, 0.717) is 21.9 Å². The summed E-state index contributed by atoms with van der Waals surface area (Å²) in [6.45, 7) is 7.92. The first-order valence-electron chi connectivity index (χ1n) is 9.73. The molecule has 1 aliphatic rings. The number of aromatic nitrogens is 1. The van der Waals surface area contributed by atoms with Gasteiger partial charge in [-0.05, 0) is 45.4 Å². The first-order chi connectivity index (χ1) is 14.2. The van der Waals surface area contributed by atoms with Crippen molar-refractivity contribution < 1.29 is 24.2 Å². The molecule has 8 heteroatoms. The number of thiazole rings is 1. The van der Waals surface area contributed by atoms with Crippen LogP contribution in [0.1, 0.15) is 45.8 Å². The van der Waals surface area contributed by atoms with Crippen molar-refractivity contribution in [2.45, 2.75) is 39.8 Å². The third-order valence-corrected chi connectivity index (χ3v) is 5.81. The molecular weight excluding hydrogens is 404 g/mol. The molecule has 1 amide bonds. The van der Waals surface area contributed by atoms with Crippen molar-refractivity contribution >= 4 is 23.0 Å². The number of aryl methyl sites for hydroxylation is 2. The fourth-order valence-electron chi connectivity index (χ4n) is 3.55. The van der Waals surface area contributed by atoms with E-state index in [1.165, 1.54) is 23.3 Å².